The molecule has 4 atom stereocenters. The van der Waals surface area contributed by atoms with E-state index < -0.39 is 49.1 Å². The normalized spacial score (nSPS) is 29.8. The van der Waals surface area contributed by atoms with Gasteiger partial charge in [0.1, 0.15) is 18.3 Å². The predicted molar refractivity (Wildman–Crippen MR) is 64.0 cm³/mol. The molecule has 0 spiro atoms. The summed E-state index contributed by atoms with van der Waals surface area (Å²) in [6.07, 6.45) is -4.23. The van der Waals surface area contributed by atoms with Crippen LogP contribution in [0.3, 0.4) is 0 Å². The van der Waals surface area contributed by atoms with E-state index in [-0.39, 0.29) is 12.0 Å². The molecular formula is C11H15FN2O6. The highest BCUT2D eigenvalue weighted by atomic mass is 19.1. The first-order chi connectivity index (χ1) is 9.49. The Labute approximate surface area is 112 Å². The van der Waals surface area contributed by atoms with Crippen molar-refractivity contribution in [2.75, 3.05) is 13.3 Å². The lowest BCUT2D eigenvalue weighted by Crippen LogP contribution is -2.39. The lowest BCUT2D eigenvalue weighted by Gasteiger charge is -2.17. The van der Waals surface area contributed by atoms with Crippen LogP contribution in [0.5, 0.6) is 0 Å². The first kappa shape index (κ1) is 14.9. The van der Waals surface area contributed by atoms with E-state index in [9.17, 15) is 24.2 Å². The summed E-state index contributed by atoms with van der Waals surface area (Å²) < 4.78 is 18.4. The molecule has 2 heterocycles. The molecule has 1 aromatic rings. The van der Waals surface area contributed by atoms with Gasteiger partial charge in [0.2, 0.25) is 0 Å². The largest absolute Gasteiger partial charge is 0.394 e. The molecule has 0 unspecified atom stereocenters. The summed E-state index contributed by atoms with van der Waals surface area (Å²) in [4.78, 5) is 25.1. The van der Waals surface area contributed by atoms with E-state index in [0.717, 1.165) is 10.8 Å². The number of aromatic amines is 1. The van der Waals surface area contributed by atoms with Crippen molar-refractivity contribution in [1.82, 2.24) is 9.55 Å². The van der Waals surface area contributed by atoms with Crippen molar-refractivity contribution >= 4 is 0 Å². The molecule has 1 saturated heterocycles. The summed E-state index contributed by atoms with van der Waals surface area (Å²) in [5.41, 5.74) is -1.55. The van der Waals surface area contributed by atoms with Gasteiger partial charge in [0.25, 0.3) is 5.56 Å². The molecule has 0 radical (unpaired) electrons. The second-order valence-electron chi connectivity index (χ2n) is 4.49. The monoisotopic (exact) mass is 290 g/mol. The van der Waals surface area contributed by atoms with Gasteiger partial charge in [-0.05, 0) is 0 Å². The Balaban J connectivity index is 2.40. The first-order valence-corrected chi connectivity index (χ1v) is 6.02. The van der Waals surface area contributed by atoms with E-state index in [4.69, 9.17) is 9.84 Å². The lowest BCUT2D eigenvalue weighted by atomic mass is 10.1. The van der Waals surface area contributed by atoms with Crippen LogP contribution in [0.2, 0.25) is 0 Å². The number of aliphatic hydroxyl groups is 3. The fourth-order valence-corrected chi connectivity index (χ4v) is 2.11. The molecule has 1 fully saturated rings. The molecular weight excluding hydrogens is 275 g/mol. The minimum absolute atomic E-state index is 0.0184. The van der Waals surface area contributed by atoms with Gasteiger partial charge in [-0.2, -0.15) is 0 Å². The average molecular weight is 290 g/mol. The third-order valence-electron chi connectivity index (χ3n) is 3.20. The van der Waals surface area contributed by atoms with Crippen LogP contribution >= 0.6 is 0 Å². The summed E-state index contributed by atoms with van der Waals surface area (Å²) in [6, 6.07) is 0. The number of aromatic nitrogens is 2. The van der Waals surface area contributed by atoms with Gasteiger partial charge in [0, 0.05) is 18.2 Å². The predicted octanol–water partition coefficient (Wildman–Crippen LogP) is -2.34. The molecule has 4 N–H and O–H groups in total. The molecule has 0 amide bonds. The molecule has 0 aromatic carbocycles. The lowest BCUT2D eigenvalue weighted by molar-refractivity contribution is -0.0551. The van der Waals surface area contributed by atoms with E-state index in [2.05, 4.69) is 0 Å². The SMILES string of the molecule is O=c1[nH]c(=O)n([C@@H]2O[C@H](CO)[C@@H](O)[C@@H]2O)cc1CCF. The number of nitrogens with zero attached hydrogens (tertiary/aromatic N) is 1. The van der Waals surface area contributed by atoms with Crippen LogP contribution in [0.4, 0.5) is 4.39 Å². The van der Waals surface area contributed by atoms with E-state index in [1.54, 1.807) is 0 Å². The number of nitrogens with one attached hydrogen (secondary N) is 1. The van der Waals surface area contributed by atoms with E-state index >= 15 is 0 Å². The zero-order chi connectivity index (χ0) is 14.9. The van der Waals surface area contributed by atoms with Gasteiger partial charge < -0.3 is 20.1 Å². The smallest absolute Gasteiger partial charge is 0.330 e. The van der Waals surface area contributed by atoms with Gasteiger partial charge >= 0.3 is 5.69 Å². The number of hydrogen-bond donors (Lipinski definition) is 4. The number of ether oxygens (including phenoxy) is 1. The van der Waals surface area contributed by atoms with Crippen LogP contribution in [0.1, 0.15) is 11.8 Å². The summed E-state index contributed by atoms with van der Waals surface area (Å²) in [6.45, 7) is -1.32. The van der Waals surface area contributed by atoms with Gasteiger partial charge in [-0.15, -0.1) is 0 Å². The first-order valence-electron chi connectivity index (χ1n) is 6.02. The van der Waals surface area contributed by atoms with Crippen LogP contribution in [-0.2, 0) is 11.2 Å². The second-order valence-corrected chi connectivity index (χ2v) is 4.49. The summed E-state index contributed by atoms with van der Waals surface area (Å²) in [5.74, 6) is 0. The van der Waals surface area contributed by atoms with Crippen LogP contribution in [0.25, 0.3) is 0 Å². The van der Waals surface area contributed by atoms with Gasteiger partial charge in [0.15, 0.2) is 6.23 Å². The topological polar surface area (TPSA) is 125 Å². The third kappa shape index (κ3) is 2.52. The van der Waals surface area contributed by atoms with Crippen molar-refractivity contribution in [3.05, 3.63) is 32.6 Å². The van der Waals surface area contributed by atoms with Gasteiger partial charge in [0.05, 0.1) is 13.3 Å². The molecule has 1 aliphatic heterocycles. The third-order valence-corrected chi connectivity index (χ3v) is 3.20. The highest BCUT2D eigenvalue weighted by molar-refractivity contribution is 5.06. The molecule has 9 heteroatoms. The van der Waals surface area contributed by atoms with Crippen molar-refractivity contribution in [3.8, 4) is 0 Å². The van der Waals surface area contributed by atoms with Gasteiger partial charge in [-0.1, -0.05) is 0 Å². The Bertz CT molecular complexity index is 585. The number of aliphatic hydroxyl groups excluding tert-OH is 3. The molecule has 2 rings (SSSR count). The minimum atomic E-state index is -1.45. The van der Waals surface area contributed by atoms with Crippen LogP contribution in [-0.4, -0.2) is 56.5 Å². The number of H-pyrrole nitrogens is 1. The molecule has 20 heavy (non-hydrogen) atoms. The van der Waals surface area contributed by atoms with E-state index in [1.165, 1.54) is 0 Å². The van der Waals surface area contributed by atoms with Gasteiger partial charge in [-0.3, -0.25) is 18.7 Å². The number of rotatable bonds is 4. The Morgan fingerprint density at radius 1 is 1.35 bits per heavy atom. The molecule has 0 saturated carbocycles. The van der Waals surface area contributed by atoms with Crippen LogP contribution in [0.15, 0.2) is 15.8 Å². The van der Waals surface area contributed by atoms with Crippen molar-refractivity contribution < 1.29 is 24.4 Å². The highest BCUT2D eigenvalue weighted by Crippen LogP contribution is 2.27. The van der Waals surface area contributed by atoms with Crippen molar-refractivity contribution in [3.63, 3.8) is 0 Å². The summed E-state index contributed by atoms with van der Waals surface area (Å²) in [5, 5.41) is 28.4. The number of hydrogen-bond acceptors (Lipinski definition) is 6. The zero-order valence-corrected chi connectivity index (χ0v) is 10.4. The maximum atomic E-state index is 12.3. The standard InChI is InChI=1S/C11H15FN2O6/c12-2-1-5-3-14(11(19)13-9(5)18)10-8(17)7(16)6(4-15)20-10/h3,6-8,10,15-17H,1-2,4H2,(H,13,18,19)/t6-,7-,8+,10-/m1/s1. The van der Waals surface area contributed by atoms with Crippen LogP contribution in [0, 0.1) is 0 Å². The minimum Gasteiger partial charge on any atom is -0.394 e. The number of halogens is 1. The summed E-state index contributed by atoms with van der Waals surface area (Å²) in [7, 11) is 0. The maximum Gasteiger partial charge on any atom is 0.330 e. The Morgan fingerprint density at radius 2 is 2.05 bits per heavy atom. The van der Waals surface area contributed by atoms with Crippen LogP contribution < -0.4 is 11.2 Å². The fraction of sp³-hybridized carbons (Fsp3) is 0.636. The van der Waals surface area contributed by atoms with E-state index in [0.29, 0.717) is 0 Å². The molecule has 1 aliphatic rings. The molecule has 0 aliphatic carbocycles. The molecule has 8 nitrogen and oxygen atoms in total. The van der Waals surface area contributed by atoms with E-state index in [1.807, 2.05) is 4.98 Å². The Hall–Kier alpha value is -1.55. The second kappa shape index (κ2) is 5.83. The maximum absolute atomic E-state index is 12.3. The average Bonchev–Trinajstić information content (AvgIpc) is 2.70. The van der Waals surface area contributed by atoms with Crippen molar-refractivity contribution in [1.29, 1.82) is 0 Å². The molecule has 0 bridgehead atoms. The van der Waals surface area contributed by atoms with Gasteiger partial charge in [-0.25, -0.2) is 4.79 Å². The van der Waals surface area contributed by atoms with Crippen molar-refractivity contribution in [2.45, 2.75) is 31.0 Å². The number of aryl methyl sites for hydroxylation is 1. The quantitative estimate of drug-likeness (QED) is 0.492. The molecule has 1 aromatic heterocycles. The number of alkyl halides is 1. The fourth-order valence-electron chi connectivity index (χ4n) is 2.11. The summed E-state index contributed by atoms with van der Waals surface area (Å²) >= 11 is 0. The zero-order valence-electron chi connectivity index (χ0n) is 10.4. The Kier molecular flexibility index (Phi) is 4.33. The highest BCUT2D eigenvalue weighted by Gasteiger charge is 2.43. The molecule has 112 valence electrons. The van der Waals surface area contributed by atoms with Crippen molar-refractivity contribution in [2.24, 2.45) is 0 Å². The Morgan fingerprint density at radius 3 is 2.60 bits per heavy atom.